The van der Waals surface area contributed by atoms with Crippen LogP contribution in [0.2, 0.25) is 4.34 Å². The van der Waals surface area contributed by atoms with Gasteiger partial charge in [-0.3, -0.25) is 9.59 Å². The maximum absolute atomic E-state index is 13.3. The summed E-state index contributed by atoms with van der Waals surface area (Å²) in [6.45, 7) is 4.30. The molecule has 2 atom stereocenters. The Labute approximate surface area is 238 Å². The molecule has 0 aromatic carbocycles. The van der Waals surface area contributed by atoms with Crippen molar-refractivity contribution >= 4 is 56.1 Å². The van der Waals surface area contributed by atoms with Crippen LogP contribution in [-0.2, 0) is 19.6 Å². The summed E-state index contributed by atoms with van der Waals surface area (Å²) in [6.07, 6.45) is 8.05. The lowest BCUT2D eigenvalue weighted by Crippen LogP contribution is -2.55. The van der Waals surface area contributed by atoms with Crippen molar-refractivity contribution in [3.05, 3.63) is 28.6 Å². The van der Waals surface area contributed by atoms with Crippen LogP contribution in [0.5, 0.6) is 0 Å². The summed E-state index contributed by atoms with van der Waals surface area (Å²) in [5.41, 5.74) is 0. The van der Waals surface area contributed by atoms with Gasteiger partial charge in [-0.2, -0.15) is 4.72 Å². The number of thiophene rings is 2. The number of amides is 2. The van der Waals surface area contributed by atoms with E-state index in [0.717, 1.165) is 60.1 Å². The molecule has 8 nitrogen and oxygen atoms in total. The second-order valence-electron chi connectivity index (χ2n) is 10.4. The molecule has 2 amide bonds. The summed E-state index contributed by atoms with van der Waals surface area (Å²) in [7, 11) is -3.88. The minimum Gasteiger partial charge on any atom is -0.337 e. The molecule has 3 aliphatic heterocycles. The van der Waals surface area contributed by atoms with Crippen molar-refractivity contribution in [1.29, 1.82) is 0 Å². The predicted octanol–water partition coefficient (Wildman–Crippen LogP) is 4.27. The van der Waals surface area contributed by atoms with Gasteiger partial charge in [0.25, 0.3) is 10.0 Å². The fraction of sp³-hybridized carbons (Fsp3) is 0.615. The van der Waals surface area contributed by atoms with E-state index in [1.54, 1.807) is 18.2 Å². The summed E-state index contributed by atoms with van der Waals surface area (Å²) < 4.78 is 29.6. The molecule has 0 spiro atoms. The molecule has 1 N–H and O–H groups in total. The van der Waals surface area contributed by atoms with Crippen molar-refractivity contribution in [3.8, 4) is 9.75 Å². The second kappa shape index (κ2) is 12.3. The Morgan fingerprint density at radius 3 is 2.37 bits per heavy atom. The zero-order valence-corrected chi connectivity index (χ0v) is 24.6. The summed E-state index contributed by atoms with van der Waals surface area (Å²) in [4.78, 5) is 34.2. The first-order valence-electron chi connectivity index (χ1n) is 13.5. The third-order valence-corrected chi connectivity index (χ3v) is 12.2. The van der Waals surface area contributed by atoms with Crippen LogP contribution in [-0.4, -0.2) is 86.3 Å². The Hall–Kier alpha value is -1.50. The molecule has 38 heavy (non-hydrogen) atoms. The number of carbonyl (C=O) groups excluding carboxylic acids is 2. The molecule has 0 aliphatic carbocycles. The number of hydrogen-bond acceptors (Lipinski definition) is 7. The van der Waals surface area contributed by atoms with Gasteiger partial charge >= 0.3 is 0 Å². The Kier molecular flexibility index (Phi) is 9.11. The number of halogens is 1. The van der Waals surface area contributed by atoms with Crippen LogP contribution in [0.3, 0.4) is 0 Å². The molecule has 2 aromatic rings. The Balaban J connectivity index is 1.19. The van der Waals surface area contributed by atoms with Crippen LogP contribution in [0.1, 0.15) is 51.4 Å². The minimum absolute atomic E-state index is 0.00977. The molecule has 12 heteroatoms. The zero-order valence-electron chi connectivity index (χ0n) is 21.4. The first-order valence-corrected chi connectivity index (χ1v) is 17.0. The first kappa shape index (κ1) is 28.0. The zero-order chi connectivity index (χ0) is 26.7. The molecular formula is C26H35ClN4O4S3. The Morgan fingerprint density at radius 2 is 1.63 bits per heavy atom. The van der Waals surface area contributed by atoms with Gasteiger partial charge in [0.2, 0.25) is 11.8 Å². The third-order valence-electron chi connectivity index (χ3n) is 7.68. The van der Waals surface area contributed by atoms with E-state index < -0.39 is 16.1 Å². The highest BCUT2D eigenvalue weighted by atomic mass is 35.5. The summed E-state index contributed by atoms with van der Waals surface area (Å²) in [5.74, 6) is -0.352. The van der Waals surface area contributed by atoms with E-state index >= 15 is 0 Å². The van der Waals surface area contributed by atoms with Gasteiger partial charge < -0.3 is 14.7 Å². The molecule has 2 unspecified atom stereocenters. The van der Waals surface area contributed by atoms with E-state index in [9.17, 15) is 18.0 Å². The number of carbonyl (C=O) groups is 2. The summed E-state index contributed by atoms with van der Waals surface area (Å²) in [6, 6.07) is 6.29. The number of likely N-dealkylation sites (tertiary alicyclic amines) is 3. The van der Waals surface area contributed by atoms with E-state index in [1.165, 1.54) is 41.9 Å². The van der Waals surface area contributed by atoms with Crippen molar-refractivity contribution in [3.63, 3.8) is 0 Å². The van der Waals surface area contributed by atoms with E-state index in [2.05, 4.69) is 9.62 Å². The van der Waals surface area contributed by atoms with Gasteiger partial charge in [0.05, 0.1) is 10.9 Å². The number of hydrogen-bond donors (Lipinski definition) is 1. The molecule has 0 saturated carbocycles. The van der Waals surface area contributed by atoms with Crippen molar-refractivity contribution in [2.24, 2.45) is 0 Å². The first-order chi connectivity index (χ1) is 18.3. The third kappa shape index (κ3) is 6.62. The van der Waals surface area contributed by atoms with Crippen LogP contribution in [0.25, 0.3) is 9.75 Å². The van der Waals surface area contributed by atoms with Gasteiger partial charge in [0.1, 0.15) is 10.3 Å². The van der Waals surface area contributed by atoms with Crippen LogP contribution in [0, 0.1) is 0 Å². The van der Waals surface area contributed by atoms with Gasteiger partial charge in [0.15, 0.2) is 0 Å². The molecule has 3 fully saturated rings. The van der Waals surface area contributed by atoms with Gasteiger partial charge in [-0.25, -0.2) is 8.42 Å². The SMILES string of the molecule is O=C1C(NS(=O)(=O)c2ccc(-c3ccc(Cl)s3)s2)CCCN1CC(=O)N1CCCC1CN1CCCCCC1. The molecule has 3 aliphatic rings. The van der Waals surface area contributed by atoms with E-state index in [4.69, 9.17) is 11.6 Å². The number of nitrogens with one attached hydrogen (secondary N) is 1. The number of sulfonamides is 1. The predicted molar refractivity (Wildman–Crippen MR) is 152 cm³/mol. The molecule has 0 radical (unpaired) electrons. The molecule has 3 saturated heterocycles. The lowest BCUT2D eigenvalue weighted by molar-refractivity contribution is -0.143. The summed E-state index contributed by atoms with van der Waals surface area (Å²) in [5, 5.41) is 0. The van der Waals surface area contributed by atoms with E-state index in [0.29, 0.717) is 23.7 Å². The van der Waals surface area contributed by atoms with Crippen molar-refractivity contribution < 1.29 is 18.0 Å². The molecule has 208 valence electrons. The fourth-order valence-electron chi connectivity index (χ4n) is 5.72. The van der Waals surface area contributed by atoms with E-state index in [1.807, 2.05) is 11.0 Å². The second-order valence-corrected chi connectivity index (χ2v) is 15.1. The highest BCUT2D eigenvalue weighted by Gasteiger charge is 2.36. The average Bonchev–Trinajstić information content (AvgIpc) is 3.61. The molecule has 5 heterocycles. The Bertz CT molecular complexity index is 1240. The molecule has 5 rings (SSSR count). The van der Waals surface area contributed by atoms with Crippen LogP contribution in [0.15, 0.2) is 28.5 Å². The summed E-state index contributed by atoms with van der Waals surface area (Å²) >= 11 is 8.56. The van der Waals surface area contributed by atoms with Gasteiger partial charge in [-0.05, 0) is 75.9 Å². The topological polar surface area (TPSA) is 90.0 Å². The van der Waals surface area contributed by atoms with Gasteiger partial charge in [-0.15, -0.1) is 22.7 Å². The Morgan fingerprint density at radius 1 is 0.921 bits per heavy atom. The molecular weight excluding hydrogens is 564 g/mol. The normalized spacial score (nSPS) is 23.7. The highest BCUT2D eigenvalue weighted by molar-refractivity contribution is 7.91. The monoisotopic (exact) mass is 598 g/mol. The standard InChI is InChI=1S/C26H35ClN4O4S3/c27-23-11-9-21(36-23)22-10-12-25(37-22)38(34,35)28-20-8-6-15-30(26(20)33)18-24(32)31-16-5-7-19(31)17-29-13-3-1-2-4-14-29/h9-12,19-20,28H,1-8,13-18H2. The maximum Gasteiger partial charge on any atom is 0.250 e. The fourth-order valence-corrected chi connectivity index (χ4v) is 9.40. The van der Waals surface area contributed by atoms with Crippen molar-refractivity contribution in [2.75, 3.05) is 39.3 Å². The quantitative estimate of drug-likeness (QED) is 0.490. The number of nitrogens with zero attached hydrogens (tertiary/aromatic N) is 3. The largest absolute Gasteiger partial charge is 0.337 e. The van der Waals surface area contributed by atoms with Crippen molar-refractivity contribution in [2.45, 2.75) is 67.7 Å². The lowest BCUT2D eigenvalue weighted by Gasteiger charge is -2.35. The minimum atomic E-state index is -3.88. The molecule has 0 bridgehead atoms. The van der Waals surface area contributed by atoms with Gasteiger partial charge in [0, 0.05) is 35.4 Å². The molecule has 2 aromatic heterocycles. The van der Waals surface area contributed by atoms with Crippen molar-refractivity contribution in [1.82, 2.24) is 19.4 Å². The smallest absolute Gasteiger partial charge is 0.250 e. The number of rotatable bonds is 8. The van der Waals surface area contributed by atoms with Crippen LogP contribution in [0.4, 0.5) is 0 Å². The number of piperidine rings is 1. The average molecular weight is 599 g/mol. The lowest BCUT2D eigenvalue weighted by atomic mass is 10.1. The van der Waals surface area contributed by atoms with E-state index in [-0.39, 0.29) is 28.6 Å². The van der Waals surface area contributed by atoms with Crippen LogP contribution < -0.4 is 4.72 Å². The maximum atomic E-state index is 13.3. The van der Waals surface area contributed by atoms with Crippen LogP contribution >= 0.6 is 34.3 Å². The van der Waals surface area contributed by atoms with Gasteiger partial charge in [-0.1, -0.05) is 24.4 Å². The highest BCUT2D eigenvalue weighted by Crippen LogP contribution is 2.37.